The number of nitro benzene ring substituents is 1. The third kappa shape index (κ3) is 4.65. The van der Waals surface area contributed by atoms with E-state index in [2.05, 4.69) is 14.9 Å². The summed E-state index contributed by atoms with van der Waals surface area (Å²) in [6.45, 7) is 3.73. The second kappa shape index (κ2) is 9.11. The first-order valence-corrected chi connectivity index (χ1v) is 8.71. The average Bonchev–Trinajstić information content (AvgIpc) is 2.63. The second-order valence-corrected chi connectivity index (χ2v) is 6.50. The molecule has 3 rings (SSSR count). The van der Waals surface area contributed by atoms with Gasteiger partial charge in [-0.1, -0.05) is 0 Å². The molecule has 1 aromatic carbocycles. The molecule has 10 nitrogen and oxygen atoms in total. The zero-order valence-electron chi connectivity index (χ0n) is 15.2. The number of esters is 1. The molecule has 1 aromatic heterocycles. The van der Waals surface area contributed by atoms with Crippen LogP contribution < -0.4 is 11.1 Å². The Morgan fingerprint density at radius 2 is 1.89 bits per heavy atom. The number of nitrogens with zero attached hydrogens (tertiary/aromatic N) is 2. The quantitative estimate of drug-likeness (QED) is 0.300. The average molecular weight is 457 g/mol. The van der Waals surface area contributed by atoms with Crippen LogP contribution in [-0.4, -0.2) is 45.5 Å². The van der Waals surface area contributed by atoms with Crippen molar-refractivity contribution in [1.29, 1.82) is 0 Å². The molecule has 0 bridgehead atoms. The van der Waals surface area contributed by atoms with Gasteiger partial charge in [0.1, 0.15) is 0 Å². The molecule has 2 N–H and O–H groups in total. The van der Waals surface area contributed by atoms with Gasteiger partial charge in [0.15, 0.2) is 0 Å². The minimum atomic E-state index is -0.857. The number of rotatable bonds is 5. The number of non-ortho nitro benzene ring substituents is 1. The predicted molar refractivity (Wildman–Crippen MR) is 107 cm³/mol. The lowest BCUT2D eigenvalue weighted by molar-refractivity contribution is -0.384. The highest BCUT2D eigenvalue weighted by atomic mass is 79.9. The Morgan fingerprint density at radius 3 is 2.50 bits per heavy atom. The molecule has 1 aliphatic heterocycles. The van der Waals surface area contributed by atoms with Crippen molar-refractivity contribution >= 4 is 39.7 Å². The molecule has 0 amide bonds. The fourth-order valence-electron chi connectivity index (χ4n) is 3.34. The van der Waals surface area contributed by atoms with E-state index in [0.717, 1.165) is 0 Å². The SMILES string of the molecule is Br.CCOC(=O)C1CCN(Cc2cc([N+](=O)[O-])cc3[nH]c(=O)c(=O)[nH]c23)CC1. The molecule has 152 valence electrons. The van der Waals surface area contributed by atoms with Crippen molar-refractivity contribution in [3.05, 3.63) is 48.5 Å². The van der Waals surface area contributed by atoms with Crippen molar-refractivity contribution in [3.8, 4) is 0 Å². The number of benzene rings is 1. The van der Waals surface area contributed by atoms with Gasteiger partial charge in [0.05, 0.1) is 28.5 Å². The third-order valence-electron chi connectivity index (χ3n) is 4.71. The molecule has 0 atom stereocenters. The molecule has 0 unspecified atom stereocenters. The minimum Gasteiger partial charge on any atom is -0.466 e. The summed E-state index contributed by atoms with van der Waals surface area (Å²) in [5.74, 6) is -0.334. The van der Waals surface area contributed by atoms with Crippen molar-refractivity contribution in [2.75, 3.05) is 19.7 Å². The van der Waals surface area contributed by atoms with Crippen molar-refractivity contribution in [1.82, 2.24) is 14.9 Å². The Bertz CT molecular complexity index is 993. The number of nitrogens with one attached hydrogen (secondary N) is 2. The lowest BCUT2D eigenvalue weighted by atomic mass is 9.96. The van der Waals surface area contributed by atoms with Gasteiger partial charge in [-0.05, 0) is 38.4 Å². The van der Waals surface area contributed by atoms with E-state index in [0.29, 0.717) is 50.2 Å². The van der Waals surface area contributed by atoms with Gasteiger partial charge >= 0.3 is 17.1 Å². The van der Waals surface area contributed by atoms with Gasteiger partial charge in [0, 0.05) is 18.7 Å². The van der Waals surface area contributed by atoms with E-state index >= 15 is 0 Å². The van der Waals surface area contributed by atoms with Crippen molar-refractivity contribution < 1.29 is 14.5 Å². The summed E-state index contributed by atoms with van der Waals surface area (Å²) in [4.78, 5) is 52.7. The van der Waals surface area contributed by atoms with Crippen LogP contribution in [0.3, 0.4) is 0 Å². The Kier molecular flexibility index (Phi) is 7.08. The van der Waals surface area contributed by atoms with E-state index in [9.17, 15) is 24.5 Å². The van der Waals surface area contributed by atoms with Gasteiger partial charge in [0.25, 0.3) is 5.69 Å². The topological polar surface area (TPSA) is 138 Å². The van der Waals surface area contributed by atoms with Crippen molar-refractivity contribution in [2.24, 2.45) is 5.92 Å². The molecule has 0 aliphatic carbocycles. The van der Waals surface area contributed by atoms with E-state index in [-0.39, 0.29) is 40.1 Å². The summed E-state index contributed by atoms with van der Waals surface area (Å²) < 4.78 is 5.05. The molecular weight excluding hydrogens is 436 g/mol. The van der Waals surface area contributed by atoms with Crippen LogP contribution in [0.5, 0.6) is 0 Å². The molecule has 0 spiro atoms. The highest BCUT2D eigenvalue weighted by molar-refractivity contribution is 8.93. The third-order valence-corrected chi connectivity index (χ3v) is 4.71. The van der Waals surface area contributed by atoms with E-state index < -0.39 is 16.0 Å². The van der Waals surface area contributed by atoms with E-state index in [1.54, 1.807) is 6.92 Å². The molecule has 11 heteroatoms. The number of hydrogen-bond donors (Lipinski definition) is 2. The Hall–Kier alpha value is -2.53. The van der Waals surface area contributed by atoms with Crippen LogP contribution in [0.2, 0.25) is 0 Å². The van der Waals surface area contributed by atoms with E-state index in [1.165, 1.54) is 12.1 Å². The fraction of sp³-hybridized carbons (Fsp3) is 0.471. The molecule has 1 saturated heterocycles. The van der Waals surface area contributed by atoms with Crippen LogP contribution in [0.25, 0.3) is 11.0 Å². The number of halogens is 1. The Balaban J connectivity index is 0.00000280. The number of carbonyl (C=O) groups is 1. The number of piperidine rings is 1. The molecule has 1 aliphatic rings. The zero-order valence-corrected chi connectivity index (χ0v) is 16.9. The van der Waals surface area contributed by atoms with Crippen LogP contribution >= 0.6 is 17.0 Å². The van der Waals surface area contributed by atoms with Gasteiger partial charge in [-0.3, -0.25) is 29.4 Å². The van der Waals surface area contributed by atoms with E-state index in [1.807, 2.05) is 0 Å². The summed E-state index contributed by atoms with van der Waals surface area (Å²) in [7, 11) is 0. The molecule has 2 aromatic rings. The molecule has 28 heavy (non-hydrogen) atoms. The number of aromatic nitrogens is 2. The van der Waals surface area contributed by atoms with Crippen LogP contribution in [0.4, 0.5) is 5.69 Å². The first-order chi connectivity index (χ1) is 12.9. The second-order valence-electron chi connectivity index (χ2n) is 6.50. The molecule has 0 saturated carbocycles. The fourth-order valence-corrected chi connectivity index (χ4v) is 3.34. The summed E-state index contributed by atoms with van der Waals surface area (Å²) >= 11 is 0. The highest BCUT2D eigenvalue weighted by Crippen LogP contribution is 2.25. The maximum atomic E-state index is 11.8. The van der Waals surface area contributed by atoms with Gasteiger partial charge in [-0.25, -0.2) is 0 Å². The number of aromatic amines is 2. The number of likely N-dealkylation sites (tertiary alicyclic amines) is 1. The molecule has 2 heterocycles. The summed E-state index contributed by atoms with van der Waals surface area (Å²) in [6, 6.07) is 2.62. The lowest BCUT2D eigenvalue weighted by Gasteiger charge is -2.30. The number of hydrogen-bond acceptors (Lipinski definition) is 7. The zero-order chi connectivity index (χ0) is 19.6. The number of H-pyrrole nitrogens is 2. The maximum Gasteiger partial charge on any atom is 0.314 e. The first kappa shape index (κ1) is 21.8. The number of nitro groups is 1. The highest BCUT2D eigenvalue weighted by Gasteiger charge is 2.26. The van der Waals surface area contributed by atoms with Crippen molar-refractivity contribution in [2.45, 2.75) is 26.3 Å². The number of fused-ring (bicyclic) bond motifs is 1. The Labute approximate surface area is 169 Å². The van der Waals surface area contributed by atoms with E-state index in [4.69, 9.17) is 4.74 Å². The summed E-state index contributed by atoms with van der Waals surface area (Å²) in [6.07, 6.45) is 1.28. The summed E-state index contributed by atoms with van der Waals surface area (Å²) in [5.41, 5.74) is -0.700. The van der Waals surface area contributed by atoms with Crippen LogP contribution in [0.15, 0.2) is 21.7 Å². The smallest absolute Gasteiger partial charge is 0.314 e. The Morgan fingerprint density at radius 1 is 1.25 bits per heavy atom. The summed E-state index contributed by atoms with van der Waals surface area (Å²) in [5, 5.41) is 11.2. The molecule has 0 radical (unpaired) electrons. The van der Waals surface area contributed by atoms with Crippen LogP contribution in [0, 0.1) is 16.0 Å². The van der Waals surface area contributed by atoms with Crippen molar-refractivity contribution in [3.63, 3.8) is 0 Å². The van der Waals surface area contributed by atoms with Crippen LogP contribution in [0.1, 0.15) is 25.3 Å². The van der Waals surface area contributed by atoms with Crippen LogP contribution in [-0.2, 0) is 16.1 Å². The van der Waals surface area contributed by atoms with Gasteiger partial charge in [-0.15, -0.1) is 17.0 Å². The monoisotopic (exact) mass is 456 g/mol. The lowest BCUT2D eigenvalue weighted by Crippen LogP contribution is -2.36. The standard InChI is InChI=1S/C17H20N4O6.BrH/c1-2-27-17(24)10-3-5-20(6-4-10)9-11-7-12(21(25)26)8-13-14(11)19-16(23)15(22)18-13;/h7-8,10H,2-6,9H2,1H3,(H,18,22)(H,19,23);1H. The minimum absolute atomic E-state index is 0. The molecular formula is C17H21BrN4O6. The maximum absolute atomic E-state index is 11.8. The molecule has 1 fully saturated rings. The van der Waals surface area contributed by atoms with Gasteiger partial charge in [-0.2, -0.15) is 0 Å². The van der Waals surface area contributed by atoms with Gasteiger partial charge in [0.2, 0.25) is 0 Å². The first-order valence-electron chi connectivity index (χ1n) is 8.71. The normalized spacial score (nSPS) is 15.2. The number of carbonyl (C=O) groups excluding carboxylic acids is 1. The number of ether oxygens (including phenoxy) is 1. The predicted octanol–water partition coefficient (Wildman–Crippen LogP) is 1.48. The largest absolute Gasteiger partial charge is 0.466 e. The van der Waals surface area contributed by atoms with Gasteiger partial charge < -0.3 is 14.7 Å².